The molecule has 1 saturated heterocycles. The predicted molar refractivity (Wildman–Crippen MR) is 53.1 cm³/mol. The van der Waals surface area contributed by atoms with Gasteiger partial charge in [0.2, 0.25) is 0 Å². The minimum absolute atomic E-state index is 0.488. The van der Waals surface area contributed by atoms with E-state index in [1.165, 1.54) is 0 Å². The molecule has 0 spiro atoms. The first-order valence-electron chi connectivity index (χ1n) is 3.01. The second-order valence-corrected chi connectivity index (χ2v) is 5.94. The van der Waals surface area contributed by atoms with Crippen LogP contribution in [0.15, 0.2) is 0 Å². The highest BCUT2D eigenvalue weighted by atomic mass is 33.1. The van der Waals surface area contributed by atoms with E-state index in [-0.39, 0.29) is 0 Å². The van der Waals surface area contributed by atoms with Crippen molar-refractivity contribution < 1.29 is 0 Å². The zero-order valence-corrected chi connectivity index (χ0v) is 8.78. The number of nitrogens with zero attached hydrogens (tertiary/aromatic N) is 1. The summed E-state index contributed by atoms with van der Waals surface area (Å²) in [6, 6.07) is 0. The fourth-order valence-corrected chi connectivity index (χ4v) is 4.71. The van der Waals surface area contributed by atoms with Crippen LogP contribution in [-0.2, 0) is 0 Å². The van der Waals surface area contributed by atoms with Crippen molar-refractivity contribution >= 4 is 33.3 Å². The van der Waals surface area contributed by atoms with Gasteiger partial charge in [0.05, 0.1) is 0 Å². The third kappa shape index (κ3) is 2.23. The molecule has 2 atom stereocenters. The van der Waals surface area contributed by atoms with Crippen molar-refractivity contribution in [1.82, 2.24) is 10.2 Å². The van der Waals surface area contributed by atoms with Gasteiger partial charge < -0.3 is 0 Å². The van der Waals surface area contributed by atoms with Crippen LogP contribution in [0.25, 0.3) is 0 Å². The first-order chi connectivity index (χ1) is 4.74. The van der Waals surface area contributed by atoms with Gasteiger partial charge in [-0.2, -0.15) is 0 Å². The van der Waals surface area contributed by atoms with Crippen molar-refractivity contribution in [1.29, 1.82) is 0 Å². The lowest BCUT2D eigenvalue weighted by Crippen LogP contribution is -2.36. The van der Waals surface area contributed by atoms with Crippen LogP contribution in [0.5, 0.6) is 0 Å². The van der Waals surface area contributed by atoms with Crippen LogP contribution in [-0.4, -0.2) is 35.5 Å². The summed E-state index contributed by atoms with van der Waals surface area (Å²) in [6.07, 6.45) is 2.13. The summed E-state index contributed by atoms with van der Waals surface area (Å²) in [4.78, 5) is 2.19. The minimum Gasteiger partial charge on any atom is -0.285 e. The van der Waals surface area contributed by atoms with Crippen molar-refractivity contribution in [3.63, 3.8) is 0 Å². The molecular formula is C5H12N2S3. The Bertz CT molecular complexity index is 109. The molecule has 0 amide bonds. The molecular weight excluding hydrogens is 184 g/mol. The van der Waals surface area contributed by atoms with Gasteiger partial charge in [-0.25, -0.2) is 0 Å². The number of hydrogen-bond donors (Lipinski definition) is 1. The molecule has 2 unspecified atom stereocenters. The van der Waals surface area contributed by atoms with Crippen LogP contribution < -0.4 is 5.32 Å². The molecule has 1 rings (SSSR count). The molecule has 60 valence electrons. The third-order valence-electron chi connectivity index (χ3n) is 1.20. The van der Waals surface area contributed by atoms with E-state index in [4.69, 9.17) is 0 Å². The van der Waals surface area contributed by atoms with Gasteiger partial charge in [-0.1, -0.05) is 21.6 Å². The summed E-state index contributed by atoms with van der Waals surface area (Å²) in [6.45, 7) is 0. The SMILES string of the molecule is CSC1NC(N(C)C)SS1. The topological polar surface area (TPSA) is 15.3 Å². The first-order valence-corrected chi connectivity index (χ1v) is 6.58. The fraction of sp³-hybridized carbons (Fsp3) is 1.00. The molecule has 1 aliphatic heterocycles. The second-order valence-electron chi connectivity index (χ2n) is 2.24. The van der Waals surface area contributed by atoms with E-state index in [0.29, 0.717) is 10.2 Å². The second kappa shape index (κ2) is 4.11. The molecule has 2 nitrogen and oxygen atoms in total. The Morgan fingerprint density at radius 3 is 2.40 bits per heavy atom. The van der Waals surface area contributed by atoms with Crippen LogP contribution in [0, 0.1) is 0 Å². The van der Waals surface area contributed by atoms with E-state index in [2.05, 4.69) is 30.6 Å². The molecule has 0 aromatic carbocycles. The molecule has 1 aliphatic rings. The predicted octanol–water partition coefficient (Wildman–Crippen LogP) is 1.46. The van der Waals surface area contributed by atoms with Gasteiger partial charge in [0, 0.05) is 0 Å². The summed E-state index contributed by atoms with van der Waals surface area (Å²) < 4.78 is 0.567. The smallest absolute Gasteiger partial charge is 0.119 e. The van der Waals surface area contributed by atoms with E-state index >= 15 is 0 Å². The summed E-state index contributed by atoms with van der Waals surface area (Å²) in [5, 5.41) is 3.45. The quantitative estimate of drug-likeness (QED) is 0.671. The van der Waals surface area contributed by atoms with E-state index in [1.54, 1.807) is 0 Å². The van der Waals surface area contributed by atoms with Crippen LogP contribution in [0.1, 0.15) is 0 Å². The average Bonchev–Trinajstić information content (AvgIpc) is 2.34. The monoisotopic (exact) mass is 196 g/mol. The van der Waals surface area contributed by atoms with E-state index < -0.39 is 0 Å². The first kappa shape index (κ1) is 9.06. The van der Waals surface area contributed by atoms with Gasteiger partial charge in [0.25, 0.3) is 0 Å². The molecule has 1 fully saturated rings. The molecule has 10 heavy (non-hydrogen) atoms. The summed E-state index contributed by atoms with van der Waals surface area (Å²) in [5.74, 6) is 0. The van der Waals surface area contributed by atoms with Gasteiger partial charge in [-0.15, -0.1) is 11.8 Å². The van der Waals surface area contributed by atoms with E-state index in [1.807, 2.05) is 33.3 Å². The highest BCUT2D eigenvalue weighted by Crippen LogP contribution is 2.40. The van der Waals surface area contributed by atoms with Gasteiger partial charge in [0.1, 0.15) is 10.2 Å². The van der Waals surface area contributed by atoms with Crippen molar-refractivity contribution in [2.24, 2.45) is 0 Å². The normalized spacial score (nSPS) is 33.6. The highest BCUT2D eigenvalue weighted by molar-refractivity contribution is 8.79. The molecule has 5 heteroatoms. The van der Waals surface area contributed by atoms with E-state index in [9.17, 15) is 0 Å². The maximum atomic E-state index is 3.45. The van der Waals surface area contributed by atoms with Crippen molar-refractivity contribution in [2.75, 3.05) is 20.4 Å². The van der Waals surface area contributed by atoms with E-state index in [0.717, 1.165) is 0 Å². The zero-order valence-electron chi connectivity index (χ0n) is 6.33. The standard InChI is InChI=1S/C5H12N2S3/c1-7(2)4-6-5(8-3)10-9-4/h4-6H,1-3H3. The maximum Gasteiger partial charge on any atom is 0.119 e. The van der Waals surface area contributed by atoms with Crippen molar-refractivity contribution in [3.05, 3.63) is 0 Å². The van der Waals surface area contributed by atoms with Gasteiger partial charge in [-0.3, -0.25) is 10.2 Å². The zero-order chi connectivity index (χ0) is 7.56. The van der Waals surface area contributed by atoms with Crippen molar-refractivity contribution in [3.8, 4) is 0 Å². The summed E-state index contributed by atoms with van der Waals surface area (Å²) in [5.41, 5.74) is 0.488. The number of rotatable bonds is 2. The van der Waals surface area contributed by atoms with Gasteiger partial charge in [0.15, 0.2) is 0 Å². The summed E-state index contributed by atoms with van der Waals surface area (Å²) in [7, 11) is 7.98. The Balaban J connectivity index is 2.28. The lowest BCUT2D eigenvalue weighted by Gasteiger charge is -2.17. The minimum atomic E-state index is 0.488. The Morgan fingerprint density at radius 1 is 1.40 bits per heavy atom. The number of nitrogens with one attached hydrogen (secondary N) is 1. The Hall–Kier alpha value is 0.970. The largest absolute Gasteiger partial charge is 0.285 e. The lowest BCUT2D eigenvalue weighted by molar-refractivity contribution is 0.348. The lowest BCUT2D eigenvalue weighted by atomic mass is 10.8. The summed E-state index contributed by atoms with van der Waals surface area (Å²) >= 11 is 1.86. The van der Waals surface area contributed by atoms with Gasteiger partial charge >= 0.3 is 0 Å². The highest BCUT2D eigenvalue weighted by Gasteiger charge is 2.25. The number of hydrogen-bond acceptors (Lipinski definition) is 5. The third-order valence-corrected chi connectivity index (χ3v) is 5.61. The fourth-order valence-electron chi connectivity index (χ4n) is 0.618. The molecule has 0 aliphatic carbocycles. The Labute approximate surface area is 74.3 Å². The Kier molecular flexibility index (Phi) is 3.72. The average molecular weight is 196 g/mol. The van der Waals surface area contributed by atoms with Crippen LogP contribution >= 0.6 is 33.3 Å². The molecule has 0 aromatic heterocycles. The molecule has 0 saturated carbocycles. The molecule has 1 heterocycles. The number of thioether (sulfide) groups is 1. The molecule has 0 bridgehead atoms. The van der Waals surface area contributed by atoms with Crippen LogP contribution in [0.3, 0.4) is 0 Å². The molecule has 1 N–H and O–H groups in total. The van der Waals surface area contributed by atoms with Crippen molar-refractivity contribution in [2.45, 2.75) is 10.2 Å². The van der Waals surface area contributed by atoms with Gasteiger partial charge in [-0.05, 0) is 20.4 Å². The van der Waals surface area contributed by atoms with Crippen LogP contribution in [0.2, 0.25) is 0 Å². The Morgan fingerprint density at radius 2 is 2.10 bits per heavy atom. The molecule has 0 aromatic rings. The van der Waals surface area contributed by atoms with Crippen LogP contribution in [0.4, 0.5) is 0 Å². The molecule has 0 radical (unpaired) electrons. The maximum absolute atomic E-state index is 3.45.